The normalized spacial score (nSPS) is 10.4. The van der Waals surface area contributed by atoms with Crippen LogP contribution in [-0.4, -0.2) is 23.0 Å². The molecule has 0 bridgehead atoms. The van der Waals surface area contributed by atoms with Crippen LogP contribution in [0.3, 0.4) is 0 Å². The van der Waals surface area contributed by atoms with Crippen LogP contribution in [-0.2, 0) is 16.0 Å². The van der Waals surface area contributed by atoms with E-state index in [1.165, 1.54) is 0 Å². The molecule has 0 aromatic carbocycles. The van der Waals surface area contributed by atoms with Gasteiger partial charge in [-0.05, 0) is 5.56 Å². The number of hydrogen-bond acceptors (Lipinski definition) is 5. The first-order valence-corrected chi connectivity index (χ1v) is 4.44. The average molecular weight is 246 g/mol. The minimum absolute atomic E-state index is 0.146. The molecule has 1 heterocycles. The van der Waals surface area contributed by atoms with Crippen LogP contribution in [0, 0.1) is 10.1 Å². The summed E-state index contributed by atoms with van der Waals surface area (Å²) in [6.45, 7) is 0. The van der Waals surface area contributed by atoms with Gasteiger partial charge >= 0.3 is 5.97 Å². The fourth-order valence-electron chi connectivity index (χ4n) is 1.16. The summed E-state index contributed by atoms with van der Waals surface area (Å²) >= 11 is 0. The number of nitro groups is 1. The molecule has 1 rings (SSSR count). The molecule has 0 amide bonds. The van der Waals surface area contributed by atoms with Gasteiger partial charge in [-0.25, -0.2) is 13.8 Å². The Bertz CT molecular complexity index is 451. The second kappa shape index (κ2) is 5.28. The average Bonchev–Trinajstić information content (AvgIpc) is 2.28. The van der Waals surface area contributed by atoms with E-state index in [0.29, 0.717) is 0 Å². The third-order valence-electron chi connectivity index (χ3n) is 1.93. The van der Waals surface area contributed by atoms with Crippen molar-refractivity contribution < 1.29 is 23.2 Å². The fourth-order valence-corrected chi connectivity index (χ4v) is 1.16. The van der Waals surface area contributed by atoms with E-state index in [4.69, 9.17) is 0 Å². The first kappa shape index (κ1) is 12.9. The first-order chi connectivity index (χ1) is 7.95. The standard InChI is InChI=1S/C9H8F2N2O4/c1-17-7(14)3-5-2-6(13(15)16)8(9(10)11)12-4-5/h2,4,9H,3H2,1H3. The molecule has 1 aromatic rings. The fraction of sp³-hybridized carbons (Fsp3) is 0.333. The maximum absolute atomic E-state index is 12.4. The lowest BCUT2D eigenvalue weighted by Gasteiger charge is -2.03. The molecule has 0 saturated carbocycles. The summed E-state index contributed by atoms with van der Waals surface area (Å²) in [5, 5.41) is 10.5. The van der Waals surface area contributed by atoms with Gasteiger partial charge in [0.15, 0.2) is 5.69 Å². The molecule has 0 spiro atoms. The van der Waals surface area contributed by atoms with Gasteiger partial charge in [0.05, 0.1) is 18.5 Å². The van der Waals surface area contributed by atoms with Gasteiger partial charge in [0.25, 0.3) is 12.1 Å². The summed E-state index contributed by atoms with van der Waals surface area (Å²) < 4.78 is 29.1. The highest BCUT2D eigenvalue weighted by Crippen LogP contribution is 2.27. The molecule has 0 unspecified atom stereocenters. The van der Waals surface area contributed by atoms with Crippen molar-refractivity contribution >= 4 is 11.7 Å². The molecule has 0 radical (unpaired) electrons. The number of halogens is 2. The van der Waals surface area contributed by atoms with Gasteiger partial charge in [0, 0.05) is 12.3 Å². The molecule has 0 fully saturated rings. The first-order valence-electron chi connectivity index (χ1n) is 4.44. The van der Waals surface area contributed by atoms with Crippen LogP contribution in [0.4, 0.5) is 14.5 Å². The molecular weight excluding hydrogens is 238 g/mol. The SMILES string of the molecule is COC(=O)Cc1cnc(C(F)F)c([N+](=O)[O-])c1. The van der Waals surface area contributed by atoms with Crippen molar-refractivity contribution in [1.29, 1.82) is 0 Å². The predicted molar refractivity (Wildman–Crippen MR) is 51.6 cm³/mol. The summed E-state index contributed by atoms with van der Waals surface area (Å²) in [6.07, 6.45) is -2.30. The summed E-state index contributed by atoms with van der Waals surface area (Å²) in [5.41, 5.74) is -1.57. The van der Waals surface area contributed by atoms with E-state index < -0.39 is 28.7 Å². The number of esters is 1. The van der Waals surface area contributed by atoms with E-state index in [1.54, 1.807) is 0 Å². The van der Waals surface area contributed by atoms with Crippen LogP contribution in [0.15, 0.2) is 12.3 Å². The molecule has 0 aliphatic heterocycles. The lowest BCUT2D eigenvalue weighted by atomic mass is 10.1. The van der Waals surface area contributed by atoms with E-state index in [1.807, 2.05) is 0 Å². The van der Waals surface area contributed by atoms with Crippen molar-refractivity contribution in [3.63, 3.8) is 0 Å². The highest BCUT2D eigenvalue weighted by Gasteiger charge is 2.24. The van der Waals surface area contributed by atoms with Gasteiger partial charge in [-0.15, -0.1) is 0 Å². The maximum Gasteiger partial charge on any atom is 0.310 e. The number of pyridine rings is 1. The Morgan fingerprint density at radius 2 is 2.29 bits per heavy atom. The second-order valence-corrected chi connectivity index (χ2v) is 3.06. The Morgan fingerprint density at radius 3 is 2.76 bits per heavy atom. The van der Waals surface area contributed by atoms with Gasteiger partial charge in [-0.1, -0.05) is 0 Å². The smallest absolute Gasteiger partial charge is 0.310 e. The number of rotatable bonds is 4. The molecular formula is C9H8F2N2O4. The minimum Gasteiger partial charge on any atom is -0.469 e. The number of hydrogen-bond donors (Lipinski definition) is 0. The van der Waals surface area contributed by atoms with Gasteiger partial charge < -0.3 is 4.74 Å². The largest absolute Gasteiger partial charge is 0.469 e. The van der Waals surface area contributed by atoms with Gasteiger partial charge in [-0.2, -0.15) is 0 Å². The van der Waals surface area contributed by atoms with Crippen molar-refractivity contribution in [2.45, 2.75) is 12.8 Å². The Labute approximate surface area is 94.4 Å². The molecule has 92 valence electrons. The summed E-state index contributed by atoms with van der Waals surface area (Å²) in [5.74, 6) is -0.633. The van der Waals surface area contributed by atoms with E-state index in [-0.39, 0.29) is 12.0 Å². The molecule has 0 saturated heterocycles. The van der Waals surface area contributed by atoms with Crippen LogP contribution in [0.1, 0.15) is 17.7 Å². The van der Waals surface area contributed by atoms with E-state index >= 15 is 0 Å². The summed E-state index contributed by atoms with van der Waals surface area (Å²) in [4.78, 5) is 23.8. The number of nitrogens with zero attached hydrogens (tertiary/aromatic N) is 2. The van der Waals surface area contributed by atoms with Crippen molar-refractivity contribution in [3.05, 3.63) is 33.6 Å². The number of aromatic nitrogens is 1. The van der Waals surface area contributed by atoms with Gasteiger partial charge in [0.1, 0.15) is 0 Å². The Hall–Kier alpha value is -2.12. The van der Waals surface area contributed by atoms with Crippen LogP contribution in [0.5, 0.6) is 0 Å². The van der Waals surface area contributed by atoms with Crippen LogP contribution in [0.2, 0.25) is 0 Å². The third-order valence-corrected chi connectivity index (χ3v) is 1.93. The zero-order chi connectivity index (χ0) is 13.0. The summed E-state index contributed by atoms with van der Waals surface area (Å²) in [7, 11) is 1.15. The quantitative estimate of drug-likeness (QED) is 0.458. The minimum atomic E-state index is -3.04. The number of alkyl halides is 2. The Morgan fingerprint density at radius 1 is 1.65 bits per heavy atom. The van der Waals surface area contributed by atoms with E-state index in [2.05, 4.69) is 9.72 Å². The molecule has 1 aromatic heterocycles. The molecule has 0 N–H and O–H groups in total. The van der Waals surface area contributed by atoms with Crippen LogP contribution < -0.4 is 0 Å². The number of carbonyl (C=O) groups is 1. The molecule has 6 nitrogen and oxygen atoms in total. The molecule has 0 aliphatic rings. The molecule has 17 heavy (non-hydrogen) atoms. The Balaban J connectivity index is 3.10. The Kier molecular flexibility index (Phi) is 4.02. The second-order valence-electron chi connectivity index (χ2n) is 3.06. The number of carbonyl (C=O) groups excluding carboxylic acids is 1. The molecule has 8 heteroatoms. The predicted octanol–water partition coefficient (Wildman–Crippen LogP) is 1.64. The monoisotopic (exact) mass is 246 g/mol. The third kappa shape index (κ3) is 3.16. The summed E-state index contributed by atoms with van der Waals surface area (Å²) in [6, 6.07) is 0.894. The van der Waals surface area contributed by atoms with E-state index in [0.717, 1.165) is 19.4 Å². The molecule has 0 aliphatic carbocycles. The van der Waals surface area contributed by atoms with Gasteiger partial charge in [-0.3, -0.25) is 14.9 Å². The highest BCUT2D eigenvalue weighted by molar-refractivity contribution is 5.72. The van der Waals surface area contributed by atoms with Gasteiger partial charge in [0.2, 0.25) is 0 Å². The number of ether oxygens (including phenoxy) is 1. The maximum atomic E-state index is 12.4. The highest BCUT2D eigenvalue weighted by atomic mass is 19.3. The topological polar surface area (TPSA) is 82.3 Å². The van der Waals surface area contributed by atoms with E-state index in [9.17, 15) is 23.7 Å². The lowest BCUT2D eigenvalue weighted by molar-refractivity contribution is -0.386. The van der Waals surface area contributed by atoms with Crippen LogP contribution >= 0.6 is 0 Å². The van der Waals surface area contributed by atoms with Crippen molar-refractivity contribution in [3.8, 4) is 0 Å². The van der Waals surface area contributed by atoms with Crippen molar-refractivity contribution in [2.75, 3.05) is 7.11 Å². The van der Waals surface area contributed by atoms with Crippen molar-refractivity contribution in [1.82, 2.24) is 4.98 Å². The zero-order valence-electron chi connectivity index (χ0n) is 8.72. The van der Waals surface area contributed by atoms with Crippen molar-refractivity contribution in [2.24, 2.45) is 0 Å². The molecule has 0 atom stereocenters. The van der Waals surface area contributed by atoms with Crippen LogP contribution in [0.25, 0.3) is 0 Å². The lowest BCUT2D eigenvalue weighted by Crippen LogP contribution is -2.07. The number of methoxy groups -OCH3 is 1. The zero-order valence-corrected chi connectivity index (χ0v) is 8.72.